The number of ketones is 1. The minimum absolute atomic E-state index is 0.126. The number of benzene rings is 1. The lowest BCUT2D eigenvalue weighted by Crippen LogP contribution is -2.41. The van der Waals surface area contributed by atoms with Gasteiger partial charge in [0.2, 0.25) is 10.0 Å². The topological polar surface area (TPSA) is 66.5 Å². The van der Waals surface area contributed by atoms with Crippen LogP contribution in [0.5, 0.6) is 0 Å². The SMILES string of the molecule is CCN(CC)CC(C)NS(=O)(=O)c1cccc(C(C)=O)c1. The molecule has 0 amide bonds. The quantitative estimate of drug-likeness (QED) is 0.745. The summed E-state index contributed by atoms with van der Waals surface area (Å²) in [5, 5.41) is 0. The minimum Gasteiger partial charge on any atom is -0.302 e. The van der Waals surface area contributed by atoms with Crippen molar-refractivity contribution >= 4 is 15.8 Å². The highest BCUT2D eigenvalue weighted by Gasteiger charge is 2.19. The van der Waals surface area contributed by atoms with E-state index in [9.17, 15) is 13.2 Å². The third kappa shape index (κ3) is 5.22. The number of nitrogens with zero attached hydrogens (tertiary/aromatic N) is 1. The van der Waals surface area contributed by atoms with Gasteiger partial charge in [-0.25, -0.2) is 13.1 Å². The summed E-state index contributed by atoms with van der Waals surface area (Å²) in [4.78, 5) is 13.6. The van der Waals surface area contributed by atoms with Crippen LogP contribution in [-0.2, 0) is 10.0 Å². The van der Waals surface area contributed by atoms with E-state index in [4.69, 9.17) is 0 Å². The first-order chi connectivity index (χ1) is 9.80. The molecule has 1 aromatic carbocycles. The van der Waals surface area contributed by atoms with Gasteiger partial charge in [0.15, 0.2) is 5.78 Å². The Balaban J connectivity index is 2.86. The minimum atomic E-state index is -3.61. The van der Waals surface area contributed by atoms with Crippen molar-refractivity contribution < 1.29 is 13.2 Å². The van der Waals surface area contributed by atoms with E-state index in [2.05, 4.69) is 9.62 Å². The third-order valence-electron chi connectivity index (χ3n) is 3.33. The number of hydrogen-bond donors (Lipinski definition) is 1. The molecule has 21 heavy (non-hydrogen) atoms. The van der Waals surface area contributed by atoms with Crippen LogP contribution in [0.3, 0.4) is 0 Å². The van der Waals surface area contributed by atoms with E-state index in [0.29, 0.717) is 12.1 Å². The molecule has 0 bridgehead atoms. The maximum atomic E-state index is 12.3. The average molecular weight is 312 g/mol. The molecule has 0 radical (unpaired) electrons. The summed E-state index contributed by atoms with van der Waals surface area (Å²) in [5.41, 5.74) is 0.397. The van der Waals surface area contributed by atoms with Crippen LogP contribution in [0.4, 0.5) is 0 Å². The van der Waals surface area contributed by atoms with Crippen LogP contribution in [0.15, 0.2) is 29.2 Å². The van der Waals surface area contributed by atoms with Gasteiger partial charge in [-0.15, -0.1) is 0 Å². The predicted octanol–water partition coefficient (Wildman–Crippen LogP) is 1.90. The monoisotopic (exact) mass is 312 g/mol. The van der Waals surface area contributed by atoms with Crippen molar-refractivity contribution in [2.24, 2.45) is 0 Å². The summed E-state index contributed by atoms with van der Waals surface area (Å²) in [6.07, 6.45) is 0. The zero-order chi connectivity index (χ0) is 16.0. The van der Waals surface area contributed by atoms with E-state index >= 15 is 0 Å². The average Bonchev–Trinajstić information content (AvgIpc) is 2.44. The van der Waals surface area contributed by atoms with Crippen molar-refractivity contribution in [1.29, 1.82) is 0 Å². The molecule has 1 aromatic rings. The van der Waals surface area contributed by atoms with E-state index in [1.807, 2.05) is 20.8 Å². The first kappa shape index (κ1) is 17.8. The normalized spacial score (nSPS) is 13.4. The van der Waals surface area contributed by atoms with Gasteiger partial charge in [-0.2, -0.15) is 0 Å². The zero-order valence-corrected chi connectivity index (χ0v) is 13.9. The van der Waals surface area contributed by atoms with Gasteiger partial charge in [0.1, 0.15) is 0 Å². The zero-order valence-electron chi connectivity index (χ0n) is 13.1. The Morgan fingerprint density at radius 1 is 1.29 bits per heavy atom. The summed E-state index contributed by atoms with van der Waals surface area (Å²) in [6.45, 7) is 9.75. The Morgan fingerprint density at radius 3 is 2.43 bits per heavy atom. The Kier molecular flexibility index (Phi) is 6.51. The highest BCUT2D eigenvalue weighted by Crippen LogP contribution is 2.12. The predicted molar refractivity (Wildman–Crippen MR) is 84.0 cm³/mol. The molecule has 0 saturated carbocycles. The largest absolute Gasteiger partial charge is 0.302 e. The van der Waals surface area contributed by atoms with Gasteiger partial charge in [0, 0.05) is 18.2 Å². The van der Waals surface area contributed by atoms with Crippen LogP contribution in [-0.4, -0.2) is 44.8 Å². The Morgan fingerprint density at radius 2 is 1.90 bits per heavy atom. The fourth-order valence-electron chi connectivity index (χ4n) is 2.12. The molecule has 5 nitrogen and oxygen atoms in total. The summed E-state index contributed by atoms with van der Waals surface area (Å²) in [6, 6.07) is 5.91. The Labute approximate surface area is 127 Å². The van der Waals surface area contributed by atoms with E-state index in [1.165, 1.54) is 19.1 Å². The number of carbonyl (C=O) groups is 1. The summed E-state index contributed by atoms with van der Waals surface area (Å²) in [7, 11) is -3.61. The van der Waals surface area contributed by atoms with Crippen LogP contribution < -0.4 is 4.72 Å². The fraction of sp³-hybridized carbons (Fsp3) is 0.533. The Hall–Kier alpha value is -1.24. The number of sulfonamides is 1. The van der Waals surface area contributed by atoms with Crippen LogP contribution >= 0.6 is 0 Å². The smallest absolute Gasteiger partial charge is 0.240 e. The van der Waals surface area contributed by atoms with Gasteiger partial charge in [-0.1, -0.05) is 26.0 Å². The molecule has 6 heteroatoms. The van der Waals surface area contributed by atoms with Crippen molar-refractivity contribution in [2.45, 2.75) is 38.6 Å². The van der Waals surface area contributed by atoms with Crippen molar-refractivity contribution in [2.75, 3.05) is 19.6 Å². The maximum absolute atomic E-state index is 12.3. The maximum Gasteiger partial charge on any atom is 0.240 e. The molecule has 1 rings (SSSR count). The van der Waals surface area contributed by atoms with Crippen LogP contribution in [0.1, 0.15) is 38.1 Å². The first-order valence-corrected chi connectivity index (χ1v) is 8.64. The second kappa shape index (κ2) is 7.68. The fourth-order valence-corrected chi connectivity index (χ4v) is 3.40. The number of Topliss-reactive ketones (excluding diaryl/α,β-unsaturated/α-hetero) is 1. The molecule has 1 N–H and O–H groups in total. The molecular formula is C15H24N2O3S. The molecule has 0 fully saturated rings. The molecule has 0 aliphatic rings. The van der Waals surface area contributed by atoms with Gasteiger partial charge in [0.05, 0.1) is 4.90 Å². The van der Waals surface area contributed by atoms with E-state index in [-0.39, 0.29) is 16.7 Å². The number of hydrogen-bond acceptors (Lipinski definition) is 4. The molecule has 0 heterocycles. The van der Waals surface area contributed by atoms with E-state index < -0.39 is 10.0 Å². The van der Waals surface area contributed by atoms with Gasteiger partial charge in [0.25, 0.3) is 0 Å². The molecule has 1 unspecified atom stereocenters. The second-order valence-corrected chi connectivity index (χ2v) is 6.81. The van der Waals surface area contributed by atoms with E-state index in [0.717, 1.165) is 13.1 Å². The van der Waals surface area contributed by atoms with Gasteiger partial charge in [-0.05, 0) is 39.1 Å². The van der Waals surface area contributed by atoms with Gasteiger partial charge < -0.3 is 4.90 Å². The van der Waals surface area contributed by atoms with Crippen LogP contribution in [0.2, 0.25) is 0 Å². The number of nitrogens with one attached hydrogen (secondary N) is 1. The van der Waals surface area contributed by atoms with Gasteiger partial charge in [-0.3, -0.25) is 4.79 Å². The Bertz CT molecular complexity index is 580. The van der Waals surface area contributed by atoms with Crippen molar-refractivity contribution in [3.05, 3.63) is 29.8 Å². The molecule has 0 aromatic heterocycles. The standard InChI is InChI=1S/C15H24N2O3S/c1-5-17(6-2)11-12(3)16-21(19,20)15-9-7-8-14(10-15)13(4)18/h7-10,12,16H,5-6,11H2,1-4H3. The highest BCUT2D eigenvalue weighted by atomic mass is 32.2. The summed E-state index contributed by atoms with van der Waals surface area (Å²) >= 11 is 0. The highest BCUT2D eigenvalue weighted by molar-refractivity contribution is 7.89. The molecule has 0 spiro atoms. The molecular weight excluding hydrogens is 288 g/mol. The second-order valence-electron chi connectivity index (χ2n) is 5.09. The molecule has 0 aliphatic carbocycles. The lowest BCUT2D eigenvalue weighted by Gasteiger charge is -2.23. The molecule has 1 atom stereocenters. The van der Waals surface area contributed by atoms with Crippen molar-refractivity contribution in [3.63, 3.8) is 0 Å². The van der Waals surface area contributed by atoms with Crippen LogP contribution in [0, 0.1) is 0 Å². The number of rotatable bonds is 8. The summed E-state index contributed by atoms with van der Waals surface area (Å²) < 4.78 is 27.3. The molecule has 0 aliphatic heterocycles. The van der Waals surface area contributed by atoms with Gasteiger partial charge >= 0.3 is 0 Å². The molecule has 0 saturated heterocycles. The van der Waals surface area contributed by atoms with Crippen molar-refractivity contribution in [3.8, 4) is 0 Å². The number of carbonyl (C=O) groups excluding carboxylic acids is 1. The summed E-state index contributed by atoms with van der Waals surface area (Å²) in [5.74, 6) is -0.150. The van der Waals surface area contributed by atoms with Crippen molar-refractivity contribution in [1.82, 2.24) is 9.62 Å². The van der Waals surface area contributed by atoms with E-state index in [1.54, 1.807) is 12.1 Å². The number of likely N-dealkylation sites (N-methyl/N-ethyl adjacent to an activating group) is 1. The van der Waals surface area contributed by atoms with Crippen LogP contribution in [0.25, 0.3) is 0 Å². The first-order valence-electron chi connectivity index (χ1n) is 7.15. The third-order valence-corrected chi connectivity index (χ3v) is 4.92. The lowest BCUT2D eigenvalue weighted by atomic mass is 10.2. The lowest BCUT2D eigenvalue weighted by molar-refractivity contribution is 0.101. The molecule has 118 valence electrons.